The minimum atomic E-state index is -0.872. The zero-order valence-electron chi connectivity index (χ0n) is 15.0. The first-order chi connectivity index (χ1) is 12.4. The summed E-state index contributed by atoms with van der Waals surface area (Å²) in [5, 5.41) is 9.11. The highest BCUT2D eigenvalue weighted by Crippen LogP contribution is 2.21. The number of carbonyl (C=O) groups is 3. The molecule has 2 rings (SSSR count). The van der Waals surface area contributed by atoms with E-state index in [1.54, 1.807) is 19.1 Å². The van der Waals surface area contributed by atoms with Crippen LogP contribution in [-0.2, 0) is 14.4 Å². The Bertz CT molecular complexity index is 649. The van der Waals surface area contributed by atoms with Gasteiger partial charge < -0.3 is 19.6 Å². The molecule has 0 aliphatic carbocycles. The maximum absolute atomic E-state index is 12.3. The molecule has 0 aromatic heterocycles. The van der Waals surface area contributed by atoms with Crippen molar-refractivity contribution in [1.82, 2.24) is 9.80 Å². The summed E-state index contributed by atoms with van der Waals surface area (Å²) in [6.07, 6.45) is 1.26. The second-order valence-corrected chi connectivity index (χ2v) is 7.28. The number of carboxylic acids is 1. The number of likely N-dealkylation sites (tertiary alicyclic amines) is 1. The zero-order chi connectivity index (χ0) is 19.1. The quantitative estimate of drug-likeness (QED) is 0.723. The Kier molecular flexibility index (Phi) is 7.32. The molecule has 2 amide bonds. The highest BCUT2D eigenvalue weighted by Gasteiger charge is 2.28. The van der Waals surface area contributed by atoms with Crippen LogP contribution in [0.3, 0.4) is 0 Å². The zero-order valence-corrected chi connectivity index (χ0v) is 15.8. The molecule has 1 saturated heterocycles. The number of amides is 2. The number of benzene rings is 1. The summed E-state index contributed by atoms with van der Waals surface area (Å²) in [4.78, 5) is 39.6. The van der Waals surface area contributed by atoms with Crippen LogP contribution in [-0.4, -0.2) is 72.2 Å². The molecular formula is C18H24N2O5S. The summed E-state index contributed by atoms with van der Waals surface area (Å²) in [5.41, 5.74) is 0. The van der Waals surface area contributed by atoms with Crippen molar-refractivity contribution in [2.45, 2.75) is 17.7 Å². The van der Waals surface area contributed by atoms with Gasteiger partial charge in [-0.2, -0.15) is 0 Å². The first kappa shape index (κ1) is 20.1. The van der Waals surface area contributed by atoms with Crippen molar-refractivity contribution in [3.8, 4) is 5.75 Å². The van der Waals surface area contributed by atoms with E-state index in [4.69, 9.17) is 9.84 Å². The number of likely N-dealkylation sites (N-methyl/N-ethyl adjacent to an activating group) is 1. The summed E-state index contributed by atoms with van der Waals surface area (Å²) >= 11 is 1.39. The molecule has 1 heterocycles. The van der Waals surface area contributed by atoms with Crippen LogP contribution in [0.1, 0.15) is 12.8 Å². The summed E-state index contributed by atoms with van der Waals surface area (Å²) in [6.45, 7) is 0.733. The first-order valence-corrected chi connectivity index (χ1v) is 9.40. The number of ether oxygens (including phenoxy) is 1. The average Bonchev–Trinajstić information content (AvgIpc) is 2.66. The van der Waals surface area contributed by atoms with E-state index in [9.17, 15) is 14.4 Å². The van der Waals surface area contributed by atoms with Gasteiger partial charge in [-0.05, 0) is 37.1 Å². The number of piperidine rings is 1. The average molecular weight is 380 g/mol. The van der Waals surface area contributed by atoms with E-state index in [1.165, 1.54) is 16.7 Å². The molecule has 142 valence electrons. The molecule has 0 bridgehead atoms. The summed E-state index contributed by atoms with van der Waals surface area (Å²) in [5.74, 6) is -0.757. The van der Waals surface area contributed by atoms with Crippen LogP contribution in [0.5, 0.6) is 5.75 Å². The number of nitrogens with zero attached hydrogens (tertiary/aromatic N) is 2. The van der Waals surface area contributed by atoms with Crippen molar-refractivity contribution >= 4 is 29.5 Å². The molecule has 1 aliphatic rings. The van der Waals surface area contributed by atoms with Crippen molar-refractivity contribution < 1.29 is 24.2 Å². The van der Waals surface area contributed by atoms with Crippen LogP contribution in [0.4, 0.5) is 0 Å². The fourth-order valence-electron chi connectivity index (χ4n) is 2.72. The molecule has 1 N–H and O–H groups in total. The molecular weight excluding hydrogens is 356 g/mol. The van der Waals surface area contributed by atoms with E-state index in [2.05, 4.69) is 0 Å². The van der Waals surface area contributed by atoms with Crippen molar-refractivity contribution in [3.05, 3.63) is 24.3 Å². The topological polar surface area (TPSA) is 87.2 Å². The van der Waals surface area contributed by atoms with Gasteiger partial charge in [0, 0.05) is 25.0 Å². The minimum absolute atomic E-state index is 0.0334. The third-order valence-electron chi connectivity index (χ3n) is 4.34. The number of rotatable bonds is 7. The predicted molar refractivity (Wildman–Crippen MR) is 98.3 cm³/mol. The van der Waals surface area contributed by atoms with Gasteiger partial charge in [0.1, 0.15) is 5.75 Å². The SMILES string of the molecule is COc1ccc(SCC(=O)N(C)CC(=O)N2CCCC(C(=O)O)C2)cc1. The van der Waals surface area contributed by atoms with Crippen LogP contribution >= 0.6 is 11.8 Å². The molecule has 1 aliphatic heterocycles. The molecule has 0 spiro atoms. The molecule has 0 saturated carbocycles. The lowest BCUT2D eigenvalue weighted by molar-refractivity contribution is -0.147. The van der Waals surface area contributed by atoms with Gasteiger partial charge in [-0.3, -0.25) is 14.4 Å². The molecule has 26 heavy (non-hydrogen) atoms. The second-order valence-electron chi connectivity index (χ2n) is 6.23. The molecule has 1 fully saturated rings. The molecule has 1 aromatic rings. The lowest BCUT2D eigenvalue weighted by atomic mass is 9.98. The second kappa shape index (κ2) is 9.47. The maximum Gasteiger partial charge on any atom is 0.308 e. The molecule has 1 unspecified atom stereocenters. The van der Waals surface area contributed by atoms with Gasteiger partial charge in [0.2, 0.25) is 11.8 Å². The number of aliphatic carboxylic acids is 1. The van der Waals surface area contributed by atoms with Crippen molar-refractivity contribution in [2.75, 3.05) is 39.5 Å². The third-order valence-corrected chi connectivity index (χ3v) is 5.34. The number of carboxylic acid groups (broad SMARTS) is 1. The highest BCUT2D eigenvalue weighted by molar-refractivity contribution is 8.00. The van der Waals surface area contributed by atoms with Gasteiger partial charge in [-0.15, -0.1) is 11.8 Å². The predicted octanol–water partition coefficient (Wildman–Crippen LogP) is 1.57. The minimum Gasteiger partial charge on any atom is -0.497 e. The Hall–Kier alpha value is -2.22. The summed E-state index contributed by atoms with van der Waals surface area (Å²) in [7, 11) is 3.19. The standard InChI is InChI=1S/C18H24N2O5S/c1-19(11-16(21)20-9-3-4-13(10-20)18(23)24)17(22)12-26-15-7-5-14(25-2)6-8-15/h5-8,13H,3-4,9-12H2,1-2H3,(H,23,24). The van der Waals surface area contributed by atoms with Crippen LogP contribution in [0.2, 0.25) is 0 Å². The largest absolute Gasteiger partial charge is 0.497 e. The van der Waals surface area contributed by atoms with Gasteiger partial charge in [0.25, 0.3) is 0 Å². The summed E-state index contributed by atoms with van der Waals surface area (Å²) in [6, 6.07) is 7.41. The van der Waals surface area contributed by atoms with E-state index in [-0.39, 0.29) is 30.7 Å². The first-order valence-electron chi connectivity index (χ1n) is 8.42. The third kappa shape index (κ3) is 5.66. The Morgan fingerprint density at radius 3 is 2.62 bits per heavy atom. The number of methoxy groups -OCH3 is 1. The van der Waals surface area contributed by atoms with E-state index >= 15 is 0 Å². The van der Waals surface area contributed by atoms with Crippen LogP contribution in [0.15, 0.2) is 29.2 Å². The lowest BCUT2D eigenvalue weighted by Crippen LogP contribution is -2.47. The van der Waals surface area contributed by atoms with E-state index in [0.29, 0.717) is 19.4 Å². The molecule has 1 atom stereocenters. The van der Waals surface area contributed by atoms with Crippen LogP contribution in [0.25, 0.3) is 0 Å². The van der Waals surface area contributed by atoms with E-state index in [0.717, 1.165) is 10.6 Å². The van der Waals surface area contributed by atoms with E-state index in [1.807, 2.05) is 24.3 Å². The Morgan fingerprint density at radius 1 is 1.31 bits per heavy atom. The van der Waals surface area contributed by atoms with Gasteiger partial charge in [0.15, 0.2) is 0 Å². The van der Waals surface area contributed by atoms with Crippen LogP contribution in [0, 0.1) is 5.92 Å². The van der Waals surface area contributed by atoms with Gasteiger partial charge in [0.05, 0.1) is 25.3 Å². The summed E-state index contributed by atoms with van der Waals surface area (Å²) < 4.78 is 5.09. The number of hydrogen-bond acceptors (Lipinski definition) is 5. The smallest absolute Gasteiger partial charge is 0.308 e. The number of thioether (sulfide) groups is 1. The number of hydrogen-bond donors (Lipinski definition) is 1. The molecule has 8 heteroatoms. The van der Waals surface area contributed by atoms with Crippen molar-refractivity contribution in [3.63, 3.8) is 0 Å². The molecule has 1 aromatic carbocycles. The molecule has 0 radical (unpaired) electrons. The molecule has 7 nitrogen and oxygen atoms in total. The highest BCUT2D eigenvalue weighted by atomic mass is 32.2. The van der Waals surface area contributed by atoms with Crippen LogP contribution < -0.4 is 4.74 Å². The Morgan fingerprint density at radius 2 is 2.00 bits per heavy atom. The fraction of sp³-hybridized carbons (Fsp3) is 0.500. The van der Waals surface area contributed by atoms with Crippen molar-refractivity contribution in [1.29, 1.82) is 0 Å². The monoisotopic (exact) mass is 380 g/mol. The van der Waals surface area contributed by atoms with Crippen molar-refractivity contribution in [2.24, 2.45) is 5.92 Å². The van der Waals surface area contributed by atoms with E-state index < -0.39 is 11.9 Å². The normalized spacial score (nSPS) is 16.8. The fourth-order valence-corrected chi connectivity index (χ4v) is 3.56. The Balaban J connectivity index is 1.80. The van der Waals surface area contributed by atoms with Gasteiger partial charge >= 0.3 is 5.97 Å². The number of carbonyl (C=O) groups excluding carboxylic acids is 2. The van der Waals surface area contributed by atoms with Gasteiger partial charge in [-0.1, -0.05) is 0 Å². The maximum atomic E-state index is 12.3. The lowest BCUT2D eigenvalue weighted by Gasteiger charge is -2.32. The van der Waals surface area contributed by atoms with Gasteiger partial charge in [-0.25, -0.2) is 0 Å². The Labute approximate surface area is 157 Å².